The molecule has 1 fully saturated rings. The molecule has 0 saturated carbocycles. The lowest BCUT2D eigenvalue weighted by Crippen LogP contribution is -2.66. The Morgan fingerprint density at radius 3 is 1.49 bits per heavy atom. The third kappa shape index (κ3) is 8.73. The summed E-state index contributed by atoms with van der Waals surface area (Å²) in [5.74, 6) is 0. The van der Waals surface area contributed by atoms with Crippen LogP contribution < -0.4 is 0 Å². The highest BCUT2D eigenvalue weighted by atomic mass is 16.6. The van der Waals surface area contributed by atoms with E-state index in [9.17, 15) is 0 Å². The first kappa shape index (κ1) is 30.9. The maximum Gasteiger partial charge on any atom is 0.116 e. The Morgan fingerprint density at radius 2 is 1.02 bits per heavy atom. The first-order valence-electron chi connectivity index (χ1n) is 15.0. The molecule has 1 heterocycles. The molecular formula is C38H42O5. The van der Waals surface area contributed by atoms with Crippen LogP contribution in [0.25, 0.3) is 0 Å². The van der Waals surface area contributed by atoms with Crippen molar-refractivity contribution in [3.63, 3.8) is 0 Å². The summed E-state index contributed by atoms with van der Waals surface area (Å²) in [6.45, 7) is 8.22. The zero-order valence-corrected chi connectivity index (χ0v) is 24.9. The molecular weight excluding hydrogens is 536 g/mol. The molecule has 5 atom stereocenters. The van der Waals surface area contributed by atoms with Gasteiger partial charge in [0.25, 0.3) is 0 Å². The maximum absolute atomic E-state index is 6.91. The molecule has 5 heteroatoms. The van der Waals surface area contributed by atoms with Crippen molar-refractivity contribution in [2.45, 2.75) is 69.8 Å². The minimum atomic E-state index is -0.717. The zero-order chi connectivity index (χ0) is 29.7. The van der Waals surface area contributed by atoms with Gasteiger partial charge in [0.15, 0.2) is 0 Å². The lowest BCUT2D eigenvalue weighted by atomic mass is 9.83. The van der Waals surface area contributed by atoms with Crippen LogP contribution in [0.1, 0.15) is 35.6 Å². The average molecular weight is 579 g/mol. The highest BCUT2D eigenvalue weighted by Crippen LogP contribution is 2.39. The van der Waals surface area contributed by atoms with Crippen LogP contribution in [0.4, 0.5) is 0 Å². The summed E-state index contributed by atoms with van der Waals surface area (Å²) in [5.41, 5.74) is 3.63. The lowest BCUT2D eigenvalue weighted by molar-refractivity contribution is -0.303. The molecule has 0 bridgehead atoms. The number of rotatable bonds is 15. The van der Waals surface area contributed by atoms with Crippen molar-refractivity contribution < 1.29 is 23.7 Å². The molecule has 0 N–H and O–H groups in total. The van der Waals surface area contributed by atoms with E-state index >= 15 is 0 Å². The third-order valence-electron chi connectivity index (χ3n) is 7.80. The van der Waals surface area contributed by atoms with Gasteiger partial charge < -0.3 is 23.7 Å². The Hall–Kier alpha value is -3.58. The van der Waals surface area contributed by atoms with Gasteiger partial charge in [0.1, 0.15) is 24.4 Å². The molecule has 0 amide bonds. The molecule has 1 aliphatic rings. The predicted molar refractivity (Wildman–Crippen MR) is 169 cm³/mol. The van der Waals surface area contributed by atoms with Gasteiger partial charge in [0, 0.05) is 0 Å². The van der Waals surface area contributed by atoms with Crippen LogP contribution in [0, 0.1) is 0 Å². The summed E-state index contributed by atoms with van der Waals surface area (Å²) in [7, 11) is 0. The minimum Gasteiger partial charge on any atom is -0.374 e. The van der Waals surface area contributed by atoms with Gasteiger partial charge in [-0.1, -0.05) is 127 Å². The summed E-state index contributed by atoms with van der Waals surface area (Å²) in [4.78, 5) is 0. The number of hydrogen-bond acceptors (Lipinski definition) is 5. The van der Waals surface area contributed by atoms with Gasteiger partial charge in [-0.2, -0.15) is 0 Å². The summed E-state index contributed by atoms with van der Waals surface area (Å²) < 4.78 is 33.4. The van der Waals surface area contributed by atoms with Crippen molar-refractivity contribution in [2.75, 3.05) is 6.61 Å². The lowest BCUT2D eigenvalue weighted by Gasteiger charge is -2.51. The fourth-order valence-corrected chi connectivity index (χ4v) is 5.61. The Balaban J connectivity index is 1.44. The van der Waals surface area contributed by atoms with Gasteiger partial charge in [0.2, 0.25) is 0 Å². The topological polar surface area (TPSA) is 46.2 Å². The van der Waals surface area contributed by atoms with Gasteiger partial charge in [-0.3, -0.25) is 0 Å². The Labute approximate surface area is 256 Å². The van der Waals surface area contributed by atoms with Crippen LogP contribution in [-0.2, 0) is 50.1 Å². The molecule has 0 aliphatic carbocycles. The van der Waals surface area contributed by atoms with E-state index in [1.807, 2.05) is 78.9 Å². The highest BCUT2D eigenvalue weighted by Gasteiger charge is 2.54. The van der Waals surface area contributed by atoms with Crippen LogP contribution in [0.3, 0.4) is 0 Å². The van der Waals surface area contributed by atoms with Gasteiger partial charge in [-0.05, 0) is 35.6 Å². The van der Waals surface area contributed by atoms with Crippen LogP contribution in [0.15, 0.2) is 134 Å². The van der Waals surface area contributed by atoms with E-state index in [1.54, 1.807) is 0 Å². The smallest absolute Gasteiger partial charge is 0.116 e. The van der Waals surface area contributed by atoms with E-state index in [4.69, 9.17) is 23.7 Å². The second-order valence-electron chi connectivity index (χ2n) is 11.2. The molecule has 4 aromatic carbocycles. The summed E-state index contributed by atoms with van der Waals surface area (Å²) >= 11 is 0. The number of ether oxygens (including phenoxy) is 5. The molecule has 5 nitrogen and oxygen atoms in total. The number of benzene rings is 4. The van der Waals surface area contributed by atoms with Gasteiger partial charge in [-0.15, -0.1) is 6.58 Å². The standard InChI is InChI=1S/C38H42O5/c1-3-24-38(2)37(42-28-33-22-14-7-15-23-33)36(41-27-32-20-12-6-13-21-32)35(40-26-31-18-10-5-11-19-31)34(43-38)29-39-25-30-16-8-4-9-17-30/h3-23,34-37H,1,24-29H2,2H3. The van der Waals surface area contributed by atoms with E-state index in [0.717, 1.165) is 22.3 Å². The Bertz CT molecular complexity index is 1350. The zero-order valence-electron chi connectivity index (χ0n) is 24.9. The fraction of sp³-hybridized carbons (Fsp3) is 0.316. The largest absolute Gasteiger partial charge is 0.374 e. The predicted octanol–water partition coefficient (Wildman–Crippen LogP) is 7.69. The molecule has 0 radical (unpaired) electrons. The molecule has 0 aromatic heterocycles. The van der Waals surface area contributed by atoms with Crippen molar-refractivity contribution in [1.82, 2.24) is 0 Å². The number of hydrogen-bond donors (Lipinski definition) is 0. The minimum absolute atomic E-state index is 0.345. The molecule has 1 saturated heterocycles. The maximum atomic E-state index is 6.91. The third-order valence-corrected chi connectivity index (χ3v) is 7.80. The van der Waals surface area contributed by atoms with Crippen molar-refractivity contribution in [1.29, 1.82) is 0 Å². The Morgan fingerprint density at radius 1 is 0.605 bits per heavy atom. The van der Waals surface area contributed by atoms with Gasteiger partial charge >= 0.3 is 0 Å². The summed E-state index contributed by atoms with van der Waals surface area (Å²) in [6, 6.07) is 40.7. The van der Waals surface area contributed by atoms with Crippen LogP contribution >= 0.6 is 0 Å². The van der Waals surface area contributed by atoms with Crippen LogP contribution in [0.5, 0.6) is 0 Å². The van der Waals surface area contributed by atoms with Crippen molar-refractivity contribution >= 4 is 0 Å². The summed E-state index contributed by atoms with van der Waals surface area (Å²) in [6.07, 6.45) is 0.767. The molecule has 1 aliphatic heterocycles. The molecule has 224 valence electrons. The van der Waals surface area contributed by atoms with Crippen LogP contribution in [-0.4, -0.2) is 36.6 Å². The van der Waals surface area contributed by atoms with Crippen molar-refractivity contribution in [3.05, 3.63) is 156 Å². The Kier molecular flexibility index (Phi) is 11.3. The molecule has 5 rings (SSSR count). The molecule has 43 heavy (non-hydrogen) atoms. The summed E-state index contributed by atoms with van der Waals surface area (Å²) in [5, 5.41) is 0. The normalized spacial score (nSPS) is 23.6. The SMILES string of the molecule is C=CCC1(C)OC(COCc2ccccc2)C(OCc2ccccc2)C(OCc2ccccc2)C1OCc1ccccc1. The second-order valence-corrected chi connectivity index (χ2v) is 11.2. The first-order chi connectivity index (χ1) is 21.1. The van der Waals surface area contributed by atoms with E-state index in [2.05, 4.69) is 62.0 Å². The van der Waals surface area contributed by atoms with E-state index in [1.165, 1.54) is 0 Å². The quantitative estimate of drug-likeness (QED) is 0.135. The molecule has 0 spiro atoms. The molecule has 4 aromatic rings. The van der Waals surface area contributed by atoms with Gasteiger partial charge in [0.05, 0.1) is 38.6 Å². The monoisotopic (exact) mass is 578 g/mol. The highest BCUT2D eigenvalue weighted by molar-refractivity contribution is 5.17. The van der Waals surface area contributed by atoms with E-state index < -0.39 is 30.0 Å². The first-order valence-corrected chi connectivity index (χ1v) is 15.0. The van der Waals surface area contributed by atoms with Gasteiger partial charge in [-0.25, -0.2) is 0 Å². The van der Waals surface area contributed by atoms with E-state index in [0.29, 0.717) is 39.5 Å². The fourth-order valence-electron chi connectivity index (χ4n) is 5.61. The molecule has 5 unspecified atom stereocenters. The van der Waals surface area contributed by atoms with Crippen molar-refractivity contribution in [3.8, 4) is 0 Å². The van der Waals surface area contributed by atoms with Crippen molar-refractivity contribution in [2.24, 2.45) is 0 Å². The van der Waals surface area contributed by atoms with E-state index in [-0.39, 0.29) is 0 Å². The second kappa shape index (κ2) is 15.8. The van der Waals surface area contributed by atoms with Crippen LogP contribution in [0.2, 0.25) is 0 Å². The average Bonchev–Trinajstić information content (AvgIpc) is 3.05.